The van der Waals surface area contributed by atoms with Gasteiger partial charge in [0.05, 0.1) is 11.5 Å². The van der Waals surface area contributed by atoms with Crippen molar-refractivity contribution in [2.45, 2.75) is 0 Å². The fourth-order valence-corrected chi connectivity index (χ4v) is 2.68. The Balaban J connectivity index is 2.28. The highest BCUT2D eigenvalue weighted by Crippen LogP contribution is 2.29. The first-order valence-corrected chi connectivity index (χ1v) is 7.72. The molecule has 120 valence electrons. The smallest absolute Gasteiger partial charge is 0.355 e. The second-order valence-electron chi connectivity index (χ2n) is 5.07. The molecule has 1 heterocycles. The zero-order chi connectivity index (χ0) is 17.1. The summed E-state index contributed by atoms with van der Waals surface area (Å²) in [6.07, 6.45) is 0. The molecule has 2 aromatic carbocycles. The Kier molecular flexibility index (Phi) is 4.44. The molecule has 0 saturated heterocycles. The van der Waals surface area contributed by atoms with Crippen LogP contribution in [0, 0.1) is 0 Å². The lowest BCUT2D eigenvalue weighted by molar-refractivity contribution is 0.0691. The SMILES string of the molecule is O=C(NCCl)c1ccccc1-c1cc2ccccc2nc1C(=O)O. The van der Waals surface area contributed by atoms with Crippen LogP contribution in [-0.4, -0.2) is 28.0 Å². The summed E-state index contributed by atoms with van der Waals surface area (Å²) in [7, 11) is 0. The first-order valence-electron chi connectivity index (χ1n) is 7.18. The van der Waals surface area contributed by atoms with E-state index in [4.69, 9.17) is 11.6 Å². The van der Waals surface area contributed by atoms with Gasteiger partial charge in [-0.15, -0.1) is 11.6 Å². The average molecular weight is 341 g/mol. The van der Waals surface area contributed by atoms with Gasteiger partial charge in [-0.3, -0.25) is 4.79 Å². The van der Waals surface area contributed by atoms with Crippen LogP contribution in [0.1, 0.15) is 20.8 Å². The number of aromatic nitrogens is 1. The molecule has 0 bridgehead atoms. The minimum Gasteiger partial charge on any atom is -0.476 e. The Morgan fingerprint density at radius 2 is 1.75 bits per heavy atom. The number of alkyl halides is 1. The summed E-state index contributed by atoms with van der Waals surface area (Å²) in [4.78, 5) is 28.1. The van der Waals surface area contributed by atoms with Crippen LogP contribution in [0.4, 0.5) is 0 Å². The monoisotopic (exact) mass is 340 g/mol. The van der Waals surface area contributed by atoms with Crippen LogP contribution < -0.4 is 5.32 Å². The molecule has 3 aromatic rings. The minimum atomic E-state index is -1.15. The predicted molar refractivity (Wildman–Crippen MR) is 92.3 cm³/mol. The summed E-state index contributed by atoms with van der Waals surface area (Å²) in [5, 5.41) is 12.8. The van der Waals surface area contributed by atoms with Gasteiger partial charge in [0.25, 0.3) is 5.91 Å². The van der Waals surface area contributed by atoms with Gasteiger partial charge in [-0.1, -0.05) is 36.4 Å². The predicted octanol–water partition coefficient (Wildman–Crippen LogP) is 3.53. The van der Waals surface area contributed by atoms with E-state index in [-0.39, 0.29) is 17.6 Å². The van der Waals surface area contributed by atoms with Crippen LogP contribution in [0.3, 0.4) is 0 Å². The number of nitrogens with one attached hydrogen (secondary N) is 1. The van der Waals surface area contributed by atoms with Crippen LogP contribution in [0.5, 0.6) is 0 Å². The Morgan fingerprint density at radius 3 is 2.50 bits per heavy atom. The van der Waals surface area contributed by atoms with E-state index in [0.717, 1.165) is 5.39 Å². The second-order valence-corrected chi connectivity index (χ2v) is 5.33. The van der Waals surface area contributed by atoms with E-state index in [2.05, 4.69) is 10.3 Å². The molecule has 24 heavy (non-hydrogen) atoms. The van der Waals surface area contributed by atoms with Gasteiger partial charge in [-0.05, 0) is 23.8 Å². The summed E-state index contributed by atoms with van der Waals surface area (Å²) >= 11 is 5.57. The van der Waals surface area contributed by atoms with Gasteiger partial charge < -0.3 is 10.4 Å². The zero-order valence-electron chi connectivity index (χ0n) is 12.5. The van der Waals surface area contributed by atoms with Crippen molar-refractivity contribution in [2.75, 3.05) is 6.00 Å². The van der Waals surface area contributed by atoms with Gasteiger partial charge in [0.15, 0.2) is 5.69 Å². The van der Waals surface area contributed by atoms with Crippen molar-refractivity contribution in [3.8, 4) is 11.1 Å². The third kappa shape index (κ3) is 2.94. The van der Waals surface area contributed by atoms with Crippen LogP contribution in [0.2, 0.25) is 0 Å². The highest BCUT2D eigenvalue weighted by atomic mass is 35.5. The fourth-order valence-electron chi connectivity index (χ4n) is 2.56. The minimum absolute atomic E-state index is 0.0328. The van der Waals surface area contributed by atoms with Crippen LogP contribution in [0.15, 0.2) is 54.6 Å². The molecule has 0 saturated carbocycles. The molecule has 0 aliphatic heterocycles. The van der Waals surface area contributed by atoms with Crippen molar-refractivity contribution < 1.29 is 14.7 Å². The Labute approximate surface area is 142 Å². The van der Waals surface area contributed by atoms with Gasteiger partial charge in [-0.25, -0.2) is 9.78 Å². The molecular weight excluding hydrogens is 328 g/mol. The lowest BCUT2D eigenvalue weighted by Gasteiger charge is -2.12. The maximum atomic E-state index is 12.2. The van der Waals surface area contributed by atoms with Gasteiger partial charge in [0.2, 0.25) is 0 Å². The molecule has 0 unspecified atom stereocenters. The normalized spacial score (nSPS) is 10.5. The van der Waals surface area contributed by atoms with Crippen molar-refractivity contribution in [3.63, 3.8) is 0 Å². The number of carbonyl (C=O) groups excluding carboxylic acids is 1. The van der Waals surface area contributed by atoms with Crippen molar-refractivity contribution in [2.24, 2.45) is 0 Å². The number of pyridine rings is 1. The van der Waals surface area contributed by atoms with Crippen molar-refractivity contribution in [1.82, 2.24) is 10.3 Å². The number of hydrogen-bond acceptors (Lipinski definition) is 3. The van der Waals surface area contributed by atoms with Gasteiger partial charge >= 0.3 is 5.97 Å². The molecule has 1 amide bonds. The average Bonchev–Trinajstić information content (AvgIpc) is 2.60. The maximum absolute atomic E-state index is 12.2. The largest absolute Gasteiger partial charge is 0.476 e. The molecule has 2 N–H and O–H groups in total. The third-order valence-electron chi connectivity index (χ3n) is 3.62. The number of nitrogens with zero attached hydrogens (tertiary/aromatic N) is 1. The van der Waals surface area contributed by atoms with E-state index in [1.807, 2.05) is 12.1 Å². The molecule has 0 spiro atoms. The number of fused-ring (bicyclic) bond motifs is 1. The fraction of sp³-hybridized carbons (Fsp3) is 0.0556. The first kappa shape index (κ1) is 16.0. The number of rotatable bonds is 4. The quantitative estimate of drug-likeness (QED) is 0.562. The Hall–Kier alpha value is -2.92. The number of halogens is 1. The summed E-state index contributed by atoms with van der Waals surface area (Å²) in [5.41, 5.74) is 1.72. The van der Waals surface area contributed by atoms with E-state index in [1.165, 1.54) is 0 Å². The molecule has 0 fully saturated rings. The number of carbonyl (C=O) groups is 2. The number of carboxylic acids is 1. The van der Waals surface area contributed by atoms with Gasteiger partial charge in [0.1, 0.15) is 0 Å². The highest BCUT2D eigenvalue weighted by molar-refractivity contribution is 6.19. The lowest BCUT2D eigenvalue weighted by atomic mass is 9.96. The molecule has 3 rings (SSSR count). The lowest BCUT2D eigenvalue weighted by Crippen LogP contribution is -2.22. The van der Waals surface area contributed by atoms with E-state index >= 15 is 0 Å². The molecule has 5 nitrogen and oxygen atoms in total. The maximum Gasteiger partial charge on any atom is 0.355 e. The van der Waals surface area contributed by atoms with Crippen molar-refractivity contribution in [1.29, 1.82) is 0 Å². The number of hydrogen-bond donors (Lipinski definition) is 2. The first-order chi connectivity index (χ1) is 11.6. The van der Waals surface area contributed by atoms with Crippen molar-refractivity contribution >= 4 is 34.4 Å². The number of carboxylic acid groups (broad SMARTS) is 1. The second kappa shape index (κ2) is 6.68. The van der Waals surface area contributed by atoms with E-state index in [0.29, 0.717) is 22.2 Å². The Morgan fingerprint density at radius 1 is 1.04 bits per heavy atom. The summed E-state index contributed by atoms with van der Waals surface area (Å²) < 4.78 is 0. The van der Waals surface area contributed by atoms with Crippen LogP contribution >= 0.6 is 11.6 Å². The van der Waals surface area contributed by atoms with Crippen molar-refractivity contribution in [3.05, 3.63) is 65.9 Å². The zero-order valence-corrected chi connectivity index (χ0v) is 13.2. The van der Waals surface area contributed by atoms with E-state index in [9.17, 15) is 14.7 Å². The number of para-hydroxylation sites is 1. The van der Waals surface area contributed by atoms with Crippen LogP contribution in [0.25, 0.3) is 22.0 Å². The van der Waals surface area contributed by atoms with E-state index < -0.39 is 5.97 Å². The highest BCUT2D eigenvalue weighted by Gasteiger charge is 2.19. The molecular formula is C18H13ClN2O3. The van der Waals surface area contributed by atoms with Gasteiger partial charge in [0, 0.05) is 16.5 Å². The molecule has 0 radical (unpaired) electrons. The Bertz CT molecular complexity index is 940. The summed E-state index contributed by atoms with van der Waals surface area (Å²) in [5.74, 6) is -1.52. The number of aromatic carboxylic acids is 1. The summed E-state index contributed by atoms with van der Waals surface area (Å²) in [6, 6.07) is 15.7. The molecule has 0 aliphatic rings. The molecule has 0 atom stereocenters. The van der Waals surface area contributed by atoms with Gasteiger partial charge in [-0.2, -0.15) is 0 Å². The molecule has 6 heteroatoms. The number of benzene rings is 2. The number of amides is 1. The molecule has 1 aromatic heterocycles. The summed E-state index contributed by atoms with van der Waals surface area (Å²) in [6.45, 7) is 0. The van der Waals surface area contributed by atoms with Crippen LogP contribution in [-0.2, 0) is 0 Å². The molecule has 0 aliphatic carbocycles. The topological polar surface area (TPSA) is 79.3 Å². The standard InChI is InChI=1S/C18H13ClN2O3/c19-10-20-17(22)13-7-3-2-6-12(13)14-9-11-5-1-4-8-15(11)21-16(14)18(23)24/h1-9H,10H2,(H,20,22)(H,23,24). The van der Waals surface area contributed by atoms with E-state index in [1.54, 1.807) is 42.5 Å². The third-order valence-corrected chi connectivity index (χ3v) is 3.75.